The second-order valence-electron chi connectivity index (χ2n) is 5.01. The maximum Gasteiger partial charge on any atom is 0.251 e. The van der Waals surface area contributed by atoms with Gasteiger partial charge in [0.1, 0.15) is 0 Å². The van der Waals surface area contributed by atoms with Crippen LogP contribution in [-0.4, -0.2) is 34.0 Å². The zero-order chi connectivity index (χ0) is 17.6. The van der Waals surface area contributed by atoms with Gasteiger partial charge in [-0.15, -0.1) is 5.10 Å². The van der Waals surface area contributed by atoms with Crippen molar-refractivity contribution < 1.29 is 14.0 Å². The summed E-state index contributed by atoms with van der Waals surface area (Å²) >= 11 is 0. The first kappa shape index (κ1) is 16.2. The molecule has 0 radical (unpaired) electrons. The van der Waals surface area contributed by atoms with Gasteiger partial charge in [0, 0.05) is 18.7 Å². The summed E-state index contributed by atoms with van der Waals surface area (Å²) in [5.41, 5.74) is 1.34. The first-order valence-electron chi connectivity index (χ1n) is 7.43. The minimum absolute atomic E-state index is 0.149. The molecule has 2 heterocycles. The highest BCUT2D eigenvalue weighted by atomic mass is 16.3. The third kappa shape index (κ3) is 3.99. The molecule has 0 fully saturated rings. The van der Waals surface area contributed by atoms with Crippen LogP contribution in [0.15, 0.2) is 53.2 Å². The molecule has 8 heteroatoms. The van der Waals surface area contributed by atoms with E-state index >= 15 is 0 Å². The van der Waals surface area contributed by atoms with Gasteiger partial charge in [-0.2, -0.15) is 4.98 Å². The number of rotatable bonds is 5. The van der Waals surface area contributed by atoms with E-state index in [0.717, 1.165) is 5.56 Å². The second-order valence-corrected chi connectivity index (χ2v) is 5.01. The van der Waals surface area contributed by atoms with Crippen molar-refractivity contribution in [2.24, 2.45) is 0 Å². The molecule has 3 rings (SSSR count). The van der Waals surface area contributed by atoms with E-state index in [1.54, 1.807) is 49.5 Å². The van der Waals surface area contributed by atoms with Gasteiger partial charge in [-0.25, -0.2) is 0 Å². The van der Waals surface area contributed by atoms with E-state index in [2.05, 4.69) is 25.8 Å². The maximum atomic E-state index is 11.9. The quantitative estimate of drug-likeness (QED) is 0.617. The van der Waals surface area contributed by atoms with Crippen LogP contribution < -0.4 is 10.6 Å². The van der Waals surface area contributed by atoms with Crippen LogP contribution in [0.4, 0.5) is 5.95 Å². The van der Waals surface area contributed by atoms with E-state index in [1.807, 2.05) is 0 Å². The minimum atomic E-state index is -0.375. The van der Waals surface area contributed by atoms with Crippen molar-refractivity contribution in [1.82, 2.24) is 20.5 Å². The molecule has 0 bridgehead atoms. The Morgan fingerprint density at radius 1 is 1.20 bits per heavy atom. The summed E-state index contributed by atoms with van der Waals surface area (Å²) in [4.78, 5) is 27.5. The highest BCUT2D eigenvalue weighted by molar-refractivity contribution is 6.01. The lowest BCUT2D eigenvalue weighted by molar-refractivity contribution is -0.111. The molecule has 3 aromatic rings. The van der Waals surface area contributed by atoms with Crippen LogP contribution in [0.5, 0.6) is 0 Å². The molecule has 2 aromatic heterocycles. The first-order chi connectivity index (χ1) is 12.2. The van der Waals surface area contributed by atoms with Gasteiger partial charge in [-0.1, -0.05) is 12.1 Å². The topological polar surface area (TPSA) is 113 Å². The minimum Gasteiger partial charge on any atom is -0.461 e. The summed E-state index contributed by atoms with van der Waals surface area (Å²) in [6.45, 7) is 0. The van der Waals surface area contributed by atoms with E-state index in [0.29, 0.717) is 17.1 Å². The number of amides is 2. The number of anilines is 1. The van der Waals surface area contributed by atoms with Crippen molar-refractivity contribution in [3.63, 3.8) is 0 Å². The van der Waals surface area contributed by atoms with Crippen molar-refractivity contribution in [3.8, 4) is 11.6 Å². The van der Waals surface area contributed by atoms with Crippen LogP contribution in [0.3, 0.4) is 0 Å². The van der Waals surface area contributed by atoms with Crippen molar-refractivity contribution in [2.75, 3.05) is 12.4 Å². The SMILES string of the molecule is CNC(=O)c1ccc(C=CC(=O)Nc2n[nH]c(-c3ccco3)n2)cc1. The summed E-state index contributed by atoms with van der Waals surface area (Å²) < 4.78 is 5.19. The summed E-state index contributed by atoms with van der Waals surface area (Å²) in [5, 5.41) is 11.7. The Morgan fingerprint density at radius 3 is 2.68 bits per heavy atom. The number of H-pyrrole nitrogens is 1. The molecule has 0 aliphatic carbocycles. The summed E-state index contributed by atoms with van der Waals surface area (Å²) in [5.74, 6) is 0.565. The van der Waals surface area contributed by atoms with E-state index in [9.17, 15) is 9.59 Å². The van der Waals surface area contributed by atoms with Gasteiger partial charge in [-0.05, 0) is 35.9 Å². The van der Waals surface area contributed by atoms with Crippen molar-refractivity contribution in [1.29, 1.82) is 0 Å². The van der Waals surface area contributed by atoms with E-state index in [4.69, 9.17) is 4.42 Å². The zero-order valence-corrected chi connectivity index (χ0v) is 13.3. The molecule has 1 aromatic carbocycles. The van der Waals surface area contributed by atoms with Gasteiger partial charge < -0.3 is 9.73 Å². The van der Waals surface area contributed by atoms with Gasteiger partial charge in [0.25, 0.3) is 11.8 Å². The molecule has 0 saturated heterocycles. The number of aromatic nitrogens is 3. The average molecular weight is 337 g/mol. The lowest BCUT2D eigenvalue weighted by Gasteiger charge is -2.00. The maximum absolute atomic E-state index is 11.9. The molecule has 0 saturated carbocycles. The lowest BCUT2D eigenvalue weighted by Crippen LogP contribution is -2.17. The standard InChI is InChI=1S/C17H15N5O3/c1-18-16(24)12-7-4-11(5-8-12)6-9-14(23)19-17-20-15(21-22-17)13-3-2-10-25-13/h2-10H,1H3,(H,18,24)(H2,19,20,21,22,23). The number of hydrogen-bond acceptors (Lipinski definition) is 5. The Kier molecular flexibility index (Phi) is 4.70. The van der Waals surface area contributed by atoms with Crippen LogP contribution in [0.2, 0.25) is 0 Å². The van der Waals surface area contributed by atoms with Crippen LogP contribution in [-0.2, 0) is 4.79 Å². The lowest BCUT2D eigenvalue weighted by atomic mass is 10.1. The number of hydrogen-bond donors (Lipinski definition) is 3. The molecule has 2 amide bonds. The molecule has 0 unspecified atom stereocenters. The Labute approximate surface area is 143 Å². The number of nitrogens with zero attached hydrogens (tertiary/aromatic N) is 2. The molecule has 126 valence electrons. The fraction of sp³-hybridized carbons (Fsp3) is 0.0588. The Balaban J connectivity index is 1.60. The van der Waals surface area contributed by atoms with Crippen LogP contribution >= 0.6 is 0 Å². The summed E-state index contributed by atoms with van der Waals surface area (Å²) in [7, 11) is 1.57. The fourth-order valence-electron chi connectivity index (χ4n) is 2.05. The fourth-order valence-corrected chi connectivity index (χ4v) is 2.05. The molecule has 3 N–H and O–H groups in total. The highest BCUT2D eigenvalue weighted by Crippen LogP contribution is 2.15. The van der Waals surface area contributed by atoms with Gasteiger partial charge in [-0.3, -0.25) is 20.0 Å². The zero-order valence-electron chi connectivity index (χ0n) is 13.3. The number of benzene rings is 1. The highest BCUT2D eigenvalue weighted by Gasteiger charge is 2.09. The van der Waals surface area contributed by atoms with Gasteiger partial charge >= 0.3 is 0 Å². The molecule has 0 aliphatic heterocycles. The number of furan rings is 1. The molecule has 8 nitrogen and oxygen atoms in total. The van der Waals surface area contributed by atoms with Crippen molar-refractivity contribution >= 4 is 23.8 Å². The largest absolute Gasteiger partial charge is 0.461 e. The van der Waals surface area contributed by atoms with Gasteiger partial charge in [0.2, 0.25) is 5.95 Å². The second kappa shape index (κ2) is 7.26. The predicted molar refractivity (Wildman–Crippen MR) is 91.6 cm³/mol. The Bertz CT molecular complexity index is 895. The molecular formula is C17H15N5O3. The van der Waals surface area contributed by atoms with Crippen LogP contribution in [0.1, 0.15) is 15.9 Å². The molecule has 0 aliphatic rings. The number of aromatic amines is 1. The molecule has 0 atom stereocenters. The molecular weight excluding hydrogens is 322 g/mol. The Hall–Kier alpha value is -3.68. The monoisotopic (exact) mass is 337 g/mol. The van der Waals surface area contributed by atoms with Crippen molar-refractivity contribution in [3.05, 3.63) is 59.9 Å². The third-order valence-corrected chi connectivity index (χ3v) is 3.30. The van der Waals surface area contributed by atoms with Gasteiger partial charge in [0.05, 0.1) is 6.26 Å². The van der Waals surface area contributed by atoms with E-state index in [-0.39, 0.29) is 17.8 Å². The van der Waals surface area contributed by atoms with Gasteiger partial charge in [0.15, 0.2) is 11.6 Å². The molecule has 25 heavy (non-hydrogen) atoms. The summed E-state index contributed by atoms with van der Waals surface area (Å²) in [6.07, 6.45) is 4.51. The number of carbonyl (C=O) groups is 2. The predicted octanol–water partition coefficient (Wildman–Crippen LogP) is 2.08. The smallest absolute Gasteiger partial charge is 0.251 e. The first-order valence-corrected chi connectivity index (χ1v) is 7.43. The number of carbonyl (C=O) groups excluding carboxylic acids is 2. The van der Waals surface area contributed by atoms with Crippen LogP contribution in [0.25, 0.3) is 17.7 Å². The van der Waals surface area contributed by atoms with Crippen LogP contribution in [0, 0.1) is 0 Å². The molecule has 0 spiro atoms. The summed E-state index contributed by atoms with van der Waals surface area (Å²) in [6, 6.07) is 10.3. The normalized spacial score (nSPS) is 10.8. The van der Waals surface area contributed by atoms with Crippen molar-refractivity contribution in [2.45, 2.75) is 0 Å². The van der Waals surface area contributed by atoms with E-state index in [1.165, 1.54) is 12.3 Å². The average Bonchev–Trinajstić information content (AvgIpc) is 3.31. The Morgan fingerprint density at radius 2 is 2.00 bits per heavy atom. The number of nitrogens with one attached hydrogen (secondary N) is 3. The third-order valence-electron chi connectivity index (χ3n) is 3.30. The van der Waals surface area contributed by atoms with E-state index < -0.39 is 0 Å².